The van der Waals surface area contributed by atoms with Crippen LogP contribution in [0.1, 0.15) is 15.9 Å². The number of sulfonamides is 1. The zero-order valence-corrected chi connectivity index (χ0v) is 16.6. The van der Waals surface area contributed by atoms with Crippen molar-refractivity contribution in [2.75, 3.05) is 7.11 Å². The van der Waals surface area contributed by atoms with Gasteiger partial charge in [-0.05, 0) is 47.9 Å². The number of nitrogens with one attached hydrogen (secondary N) is 2. The molecule has 0 saturated carbocycles. The predicted octanol–water partition coefficient (Wildman–Crippen LogP) is 3.43. The molecule has 150 valence electrons. The van der Waals surface area contributed by atoms with E-state index < -0.39 is 21.7 Å². The SMILES string of the molecule is COc1ccccc1S(=O)(=O)NNC(=O)c1cc(-c2ccccc2)cc(C)c1F. The minimum atomic E-state index is -4.12. The third-order valence-electron chi connectivity index (χ3n) is 4.26. The van der Waals surface area contributed by atoms with Crippen molar-refractivity contribution in [2.24, 2.45) is 0 Å². The Kier molecular flexibility index (Phi) is 5.95. The number of hydrazine groups is 1. The van der Waals surface area contributed by atoms with Crippen molar-refractivity contribution in [3.05, 3.63) is 83.7 Å². The highest BCUT2D eigenvalue weighted by Crippen LogP contribution is 2.25. The van der Waals surface area contributed by atoms with Crippen molar-refractivity contribution >= 4 is 15.9 Å². The molecule has 0 saturated heterocycles. The number of para-hydroxylation sites is 1. The highest BCUT2D eigenvalue weighted by molar-refractivity contribution is 7.89. The lowest BCUT2D eigenvalue weighted by Crippen LogP contribution is -2.42. The van der Waals surface area contributed by atoms with Crippen LogP contribution in [0.2, 0.25) is 0 Å². The van der Waals surface area contributed by atoms with Crippen molar-refractivity contribution in [1.82, 2.24) is 10.3 Å². The maximum Gasteiger partial charge on any atom is 0.269 e. The molecule has 3 aromatic carbocycles. The van der Waals surface area contributed by atoms with Gasteiger partial charge in [0, 0.05) is 0 Å². The second-order valence-electron chi connectivity index (χ2n) is 6.23. The van der Waals surface area contributed by atoms with Crippen LogP contribution in [0.25, 0.3) is 11.1 Å². The minimum Gasteiger partial charge on any atom is -0.495 e. The number of carbonyl (C=O) groups excluding carboxylic acids is 1. The van der Waals surface area contributed by atoms with Gasteiger partial charge in [0.25, 0.3) is 15.9 Å². The Morgan fingerprint density at radius 3 is 2.31 bits per heavy atom. The summed E-state index contributed by atoms with van der Waals surface area (Å²) < 4.78 is 44.6. The van der Waals surface area contributed by atoms with Crippen molar-refractivity contribution in [2.45, 2.75) is 11.8 Å². The molecule has 0 heterocycles. The Hall–Kier alpha value is -3.23. The first-order valence-corrected chi connectivity index (χ1v) is 10.1. The van der Waals surface area contributed by atoms with Gasteiger partial charge < -0.3 is 4.74 Å². The van der Waals surface area contributed by atoms with Gasteiger partial charge in [-0.25, -0.2) is 12.8 Å². The maximum absolute atomic E-state index is 14.6. The van der Waals surface area contributed by atoms with E-state index in [4.69, 9.17) is 4.74 Å². The molecular formula is C21H19FN2O4S. The van der Waals surface area contributed by atoms with Crippen LogP contribution in [0.4, 0.5) is 4.39 Å². The molecule has 0 aliphatic carbocycles. The smallest absolute Gasteiger partial charge is 0.269 e. The van der Waals surface area contributed by atoms with Gasteiger partial charge in [-0.1, -0.05) is 42.5 Å². The standard InChI is InChI=1S/C21H19FN2O4S/c1-14-12-16(15-8-4-3-5-9-15)13-17(20(14)22)21(25)23-24-29(26,27)19-11-7-6-10-18(19)28-2/h3-13,24H,1-2H3,(H,23,25). The Morgan fingerprint density at radius 2 is 1.62 bits per heavy atom. The largest absolute Gasteiger partial charge is 0.495 e. The van der Waals surface area contributed by atoms with Gasteiger partial charge in [0.15, 0.2) is 0 Å². The lowest BCUT2D eigenvalue weighted by atomic mass is 9.99. The molecule has 3 aromatic rings. The summed E-state index contributed by atoms with van der Waals surface area (Å²) in [7, 11) is -2.79. The first kappa shape index (κ1) is 20.5. The van der Waals surface area contributed by atoms with Gasteiger partial charge in [-0.15, -0.1) is 4.83 Å². The van der Waals surface area contributed by atoms with Gasteiger partial charge in [-0.3, -0.25) is 10.2 Å². The van der Waals surface area contributed by atoms with E-state index in [0.29, 0.717) is 5.56 Å². The second-order valence-corrected chi connectivity index (χ2v) is 7.88. The summed E-state index contributed by atoms with van der Waals surface area (Å²) in [6.45, 7) is 1.54. The van der Waals surface area contributed by atoms with Crippen LogP contribution in [0, 0.1) is 12.7 Å². The van der Waals surface area contributed by atoms with Crippen molar-refractivity contribution in [3.8, 4) is 16.9 Å². The number of rotatable bonds is 6. The quantitative estimate of drug-likeness (QED) is 0.605. The molecule has 0 aliphatic heterocycles. The lowest BCUT2D eigenvalue weighted by molar-refractivity contribution is 0.0941. The number of halogens is 1. The normalized spacial score (nSPS) is 11.1. The molecule has 6 nitrogen and oxygen atoms in total. The van der Waals surface area contributed by atoms with Crippen molar-refractivity contribution in [1.29, 1.82) is 0 Å². The number of amides is 1. The fraction of sp³-hybridized carbons (Fsp3) is 0.0952. The van der Waals surface area contributed by atoms with Gasteiger partial charge >= 0.3 is 0 Å². The van der Waals surface area contributed by atoms with Gasteiger partial charge in [-0.2, -0.15) is 0 Å². The third-order valence-corrected chi connectivity index (χ3v) is 5.55. The van der Waals surface area contributed by atoms with Gasteiger partial charge in [0.1, 0.15) is 16.5 Å². The number of hydrogen-bond donors (Lipinski definition) is 2. The Balaban J connectivity index is 1.87. The van der Waals surface area contributed by atoms with Crippen LogP contribution in [0.3, 0.4) is 0 Å². The second kappa shape index (κ2) is 8.42. The van der Waals surface area contributed by atoms with Crippen LogP contribution in [0.15, 0.2) is 71.6 Å². The van der Waals surface area contributed by atoms with Crippen LogP contribution in [0.5, 0.6) is 5.75 Å². The van der Waals surface area contributed by atoms with E-state index in [1.807, 2.05) is 35.2 Å². The summed E-state index contributed by atoms with van der Waals surface area (Å²) in [6, 6.07) is 18.1. The minimum absolute atomic E-state index is 0.113. The summed E-state index contributed by atoms with van der Waals surface area (Å²) in [5.41, 5.74) is 3.51. The molecule has 0 bridgehead atoms. The first-order chi connectivity index (χ1) is 13.8. The molecule has 0 aliphatic rings. The maximum atomic E-state index is 14.6. The number of hydrogen-bond acceptors (Lipinski definition) is 4. The predicted molar refractivity (Wildman–Crippen MR) is 107 cm³/mol. The van der Waals surface area contributed by atoms with Crippen LogP contribution in [-0.4, -0.2) is 21.4 Å². The summed E-state index contributed by atoms with van der Waals surface area (Å²) in [4.78, 5) is 14.3. The molecule has 2 N–H and O–H groups in total. The highest BCUT2D eigenvalue weighted by atomic mass is 32.2. The molecule has 29 heavy (non-hydrogen) atoms. The molecule has 0 radical (unpaired) electrons. The fourth-order valence-electron chi connectivity index (χ4n) is 2.81. The Labute approximate surface area is 168 Å². The molecule has 0 atom stereocenters. The Morgan fingerprint density at radius 1 is 0.966 bits per heavy atom. The van der Waals surface area contributed by atoms with Gasteiger partial charge in [0.2, 0.25) is 0 Å². The summed E-state index contributed by atoms with van der Waals surface area (Å²) in [5, 5.41) is 0. The van der Waals surface area contributed by atoms with E-state index in [-0.39, 0.29) is 21.8 Å². The highest BCUT2D eigenvalue weighted by Gasteiger charge is 2.22. The van der Waals surface area contributed by atoms with E-state index in [9.17, 15) is 17.6 Å². The molecular weight excluding hydrogens is 395 g/mol. The van der Waals surface area contributed by atoms with Crippen LogP contribution < -0.4 is 15.0 Å². The van der Waals surface area contributed by atoms with Crippen LogP contribution >= 0.6 is 0 Å². The first-order valence-electron chi connectivity index (χ1n) is 8.64. The van der Waals surface area contributed by atoms with E-state index in [2.05, 4.69) is 5.43 Å². The van der Waals surface area contributed by atoms with Crippen molar-refractivity contribution in [3.63, 3.8) is 0 Å². The van der Waals surface area contributed by atoms with E-state index >= 15 is 0 Å². The summed E-state index contributed by atoms with van der Waals surface area (Å²) in [5.74, 6) is -1.53. The molecule has 1 amide bonds. The molecule has 3 rings (SSSR count). The molecule has 0 spiro atoms. The van der Waals surface area contributed by atoms with Crippen LogP contribution in [-0.2, 0) is 10.0 Å². The third kappa shape index (κ3) is 4.44. The number of methoxy groups -OCH3 is 1. The molecule has 8 heteroatoms. The van der Waals surface area contributed by atoms with E-state index in [0.717, 1.165) is 5.56 Å². The van der Waals surface area contributed by atoms with E-state index in [1.54, 1.807) is 12.1 Å². The number of carbonyl (C=O) groups is 1. The number of benzene rings is 3. The average molecular weight is 414 g/mol. The van der Waals surface area contributed by atoms with E-state index in [1.165, 1.54) is 38.3 Å². The molecule has 0 fully saturated rings. The topological polar surface area (TPSA) is 84.5 Å². The summed E-state index contributed by atoms with van der Waals surface area (Å²) in [6.07, 6.45) is 0. The monoisotopic (exact) mass is 414 g/mol. The Bertz CT molecular complexity index is 1150. The number of ether oxygens (including phenoxy) is 1. The summed E-state index contributed by atoms with van der Waals surface area (Å²) >= 11 is 0. The fourth-order valence-corrected chi connectivity index (χ4v) is 3.82. The van der Waals surface area contributed by atoms with Crippen molar-refractivity contribution < 1.29 is 22.3 Å². The molecule has 0 aromatic heterocycles. The zero-order valence-electron chi connectivity index (χ0n) is 15.8. The zero-order chi connectivity index (χ0) is 21.0. The average Bonchev–Trinajstić information content (AvgIpc) is 2.74. The van der Waals surface area contributed by atoms with Gasteiger partial charge in [0.05, 0.1) is 12.7 Å². The lowest BCUT2D eigenvalue weighted by Gasteiger charge is -2.13. The molecule has 0 unspecified atom stereocenters. The number of aryl methyl sites for hydroxylation is 1.